The van der Waals surface area contributed by atoms with E-state index < -0.39 is 0 Å². The van der Waals surface area contributed by atoms with Gasteiger partial charge in [0.25, 0.3) is 0 Å². The molecular weight excluding hydrogens is 301 g/mol. The van der Waals surface area contributed by atoms with Gasteiger partial charge in [-0.1, -0.05) is 58.3 Å². The quantitative estimate of drug-likeness (QED) is 0.319. The third-order valence-corrected chi connectivity index (χ3v) is 4.38. The third-order valence-electron chi connectivity index (χ3n) is 4.38. The number of hydrogen-bond acceptors (Lipinski definition) is 2. The fourth-order valence-corrected chi connectivity index (χ4v) is 2.84. The van der Waals surface area contributed by atoms with Crippen LogP contribution in [0.2, 0.25) is 0 Å². The van der Waals surface area contributed by atoms with Crippen LogP contribution in [0, 0.1) is 5.82 Å². The highest BCUT2D eigenvalue weighted by atomic mass is 19.1. The molecule has 0 amide bonds. The Morgan fingerprint density at radius 2 is 1.38 bits per heavy atom. The second kappa shape index (κ2) is 14.2. The van der Waals surface area contributed by atoms with E-state index in [0.29, 0.717) is 12.0 Å². The molecular formula is C21H34FNO. The lowest BCUT2D eigenvalue weighted by Crippen LogP contribution is -2.17. The zero-order valence-corrected chi connectivity index (χ0v) is 15.3. The van der Waals surface area contributed by atoms with Crippen molar-refractivity contribution in [3.8, 4) is 0 Å². The summed E-state index contributed by atoms with van der Waals surface area (Å²) in [5, 5.41) is 3.41. The minimum absolute atomic E-state index is 0.0971. The zero-order chi connectivity index (χ0) is 17.5. The van der Waals surface area contributed by atoms with Gasteiger partial charge in [0, 0.05) is 12.0 Å². The lowest BCUT2D eigenvalue weighted by atomic mass is 10.1. The predicted octanol–water partition coefficient (Wildman–Crippen LogP) is 5.91. The molecule has 0 bridgehead atoms. The molecule has 1 aromatic carbocycles. The van der Waals surface area contributed by atoms with Crippen molar-refractivity contribution in [2.45, 2.75) is 77.6 Å². The van der Waals surface area contributed by atoms with E-state index in [-0.39, 0.29) is 11.6 Å². The lowest BCUT2D eigenvalue weighted by molar-refractivity contribution is 0.0980. The van der Waals surface area contributed by atoms with Gasteiger partial charge in [-0.05, 0) is 50.2 Å². The van der Waals surface area contributed by atoms with Crippen LogP contribution >= 0.6 is 0 Å². The molecule has 24 heavy (non-hydrogen) atoms. The fraction of sp³-hybridized carbons (Fsp3) is 0.667. The van der Waals surface area contributed by atoms with Gasteiger partial charge < -0.3 is 5.32 Å². The maximum absolute atomic E-state index is 12.8. The number of Topliss-reactive ketones (excluding diaryl/α,β-unsaturated/α-hetero) is 1. The Bertz CT molecular complexity index is 430. The van der Waals surface area contributed by atoms with Gasteiger partial charge in [-0.3, -0.25) is 4.79 Å². The van der Waals surface area contributed by atoms with Gasteiger partial charge in [0.2, 0.25) is 0 Å². The molecule has 0 aliphatic rings. The average Bonchev–Trinajstić information content (AvgIpc) is 2.59. The molecule has 0 aromatic heterocycles. The van der Waals surface area contributed by atoms with Crippen molar-refractivity contribution in [3.63, 3.8) is 0 Å². The number of unbranched alkanes of at least 4 members (excludes halogenated alkanes) is 8. The van der Waals surface area contributed by atoms with E-state index in [0.717, 1.165) is 19.5 Å². The summed E-state index contributed by atoms with van der Waals surface area (Å²) in [6.45, 7) is 4.18. The van der Waals surface area contributed by atoms with Gasteiger partial charge in [-0.25, -0.2) is 4.39 Å². The van der Waals surface area contributed by atoms with Crippen molar-refractivity contribution in [2.24, 2.45) is 0 Å². The van der Waals surface area contributed by atoms with Crippen LogP contribution in [0.4, 0.5) is 4.39 Å². The molecule has 3 heteroatoms. The van der Waals surface area contributed by atoms with Crippen LogP contribution in [0.1, 0.15) is 87.9 Å². The molecule has 0 saturated carbocycles. The summed E-state index contributed by atoms with van der Waals surface area (Å²) >= 11 is 0. The first-order valence-corrected chi connectivity index (χ1v) is 9.73. The molecule has 0 heterocycles. The predicted molar refractivity (Wildman–Crippen MR) is 100 cm³/mol. The largest absolute Gasteiger partial charge is 0.317 e. The van der Waals surface area contributed by atoms with Crippen LogP contribution in [-0.2, 0) is 0 Å². The number of rotatable bonds is 15. The first kappa shape index (κ1) is 20.8. The second-order valence-electron chi connectivity index (χ2n) is 6.61. The monoisotopic (exact) mass is 335 g/mol. The zero-order valence-electron chi connectivity index (χ0n) is 15.3. The van der Waals surface area contributed by atoms with Crippen molar-refractivity contribution in [1.29, 1.82) is 0 Å². The molecule has 0 radical (unpaired) electrons. The summed E-state index contributed by atoms with van der Waals surface area (Å²) in [6.07, 6.45) is 13.5. The average molecular weight is 336 g/mol. The van der Waals surface area contributed by atoms with E-state index in [2.05, 4.69) is 12.2 Å². The van der Waals surface area contributed by atoms with Crippen molar-refractivity contribution < 1.29 is 9.18 Å². The van der Waals surface area contributed by atoms with E-state index in [1.807, 2.05) is 0 Å². The van der Waals surface area contributed by atoms with Gasteiger partial charge >= 0.3 is 0 Å². The van der Waals surface area contributed by atoms with E-state index >= 15 is 0 Å². The van der Waals surface area contributed by atoms with Crippen LogP contribution in [0.5, 0.6) is 0 Å². The lowest BCUT2D eigenvalue weighted by Gasteiger charge is -2.05. The molecule has 0 aliphatic heterocycles. The Hall–Kier alpha value is -1.22. The van der Waals surface area contributed by atoms with Crippen LogP contribution in [0.25, 0.3) is 0 Å². The second-order valence-corrected chi connectivity index (χ2v) is 6.61. The molecule has 1 N–H and O–H groups in total. The summed E-state index contributed by atoms with van der Waals surface area (Å²) in [6, 6.07) is 5.81. The highest BCUT2D eigenvalue weighted by molar-refractivity contribution is 5.95. The van der Waals surface area contributed by atoms with Gasteiger partial charge in [0.15, 0.2) is 5.78 Å². The van der Waals surface area contributed by atoms with E-state index in [9.17, 15) is 9.18 Å². The van der Waals surface area contributed by atoms with Gasteiger partial charge in [-0.15, -0.1) is 0 Å². The molecule has 1 rings (SSSR count). The number of hydrogen-bond donors (Lipinski definition) is 1. The Kier molecular flexibility index (Phi) is 12.3. The maximum atomic E-state index is 12.8. The summed E-state index contributed by atoms with van der Waals surface area (Å²) in [7, 11) is 0. The molecule has 2 nitrogen and oxygen atoms in total. The normalized spacial score (nSPS) is 10.9. The topological polar surface area (TPSA) is 29.1 Å². The molecule has 0 fully saturated rings. The van der Waals surface area contributed by atoms with Crippen molar-refractivity contribution in [2.75, 3.05) is 13.1 Å². The Morgan fingerprint density at radius 1 is 0.833 bits per heavy atom. The minimum Gasteiger partial charge on any atom is -0.317 e. The molecule has 0 aliphatic carbocycles. The SMILES string of the molecule is CCCCCCCCCCCNCCCC(=O)c1ccc(F)cc1. The molecule has 1 aromatic rings. The number of halogens is 1. The smallest absolute Gasteiger partial charge is 0.162 e. The first-order valence-electron chi connectivity index (χ1n) is 9.73. The van der Waals surface area contributed by atoms with Crippen molar-refractivity contribution in [3.05, 3.63) is 35.6 Å². The number of carbonyl (C=O) groups is 1. The highest BCUT2D eigenvalue weighted by Gasteiger charge is 2.05. The fourth-order valence-electron chi connectivity index (χ4n) is 2.84. The highest BCUT2D eigenvalue weighted by Crippen LogP contribution is 2.09. The van der Waals surface area contributed by atoms with Gasteiger partial charge in [0.1, 0.15) is 5.82 Å². The molecule has 0 unspecified atom stereocenters. The molecule has 136 valence electrons. The number of nitrogens with one attached hydrogen (secondary N) is 1. The summed E-state index contributed by atoms with van der Waals surface area (Å²) in [5.41, 5.74) is 0.607. The first-order chi connectivity index (χ1) is 11.7. The molecule has 0 atom stereocenters. The van der Waals surface area contributed by atoms with Crippen LogP contribution in [0.3, 0.4) is 0 Å². The van der Waals surface area contributed by atoms with Crippen LogP contribution in [-0.4, -0.2) is 18.9 Å². The minimum atomic E-state index is -0.297. The van der Waals surface area contributed by atoms with E-state index in [4.69, 9.17) is 0 Å². The third kappa shape index (κ3) is 10.5. The summed E-state index contributed by atoms with van der Waals surface area (Å²) < 4.78 is 12.8. The van der Waals surface area contributed by atoms with Crippen LogP contribution in [0.15, 0.2) is 24.3 Å². The Labute approximate surface area is 147 Å². The number of ketones is 1. The summed E-state index contributed by atoms with van der Waals surface area (Å²) in [4.78, 5) is 11.9. The number of benzene rings is 1. The summed E-state index contributed by atoms with van der Waals surface area (Å²) in [5.74, 6) is -0.200. The van der Waals surface area contributed by atoms with Gasteiger partial charge in [-0.2, -0.15) is 0 Å². The Morgan fingerprint density at radius 3 is 2.00 bits per heavy atom. The van der Waals surface area contributed by atoms with E-state index in [1.54, 1.807) is 12.1 Å². The molecule has 0 saturated heterocycles. The maximum Gasteiger partial charge on any atom is 0.162 e. The number of carbonyl (C=O) groups excluding carboxylic acids is 1. The van der Waals surface area contributed by atoms with Crippen molar-refractivity contribution >= 4 is 5.78 Å². The van der Waals surface area contributed by atoms with Crippen LogP contribution < -0.4 is 5.32 Å². The standard InChI is InChI=1S/C21H34FNO/c1-2-3-4-5-6-7-8-9-10-17-23-18-11-12-21(24)19-13-15-20(22)16-14-19/h13-16,23H,2-12,17-18H2,1H3. The van der Waals surface area contributed by atoms with Crippen molar-refractivity contribution in [1.82, 2.24) is 5.32 Å². The van der Waals surface area contributed by atoms with E-state index in [1.165, 1.54) is 69.9 Å². The Balaban J connectivity index is 1.87. The molecule has 0 spiro atoms. The van der Waals surface area contributed by atoms with Gasteiger partial charge in [0.05, 0.1) is 0 Å².